The van der Waals surface area contributed by atoms with Crippen LogP contribution in [0.25, 0.3) is 10.8 Å². The highest BCUT2D eigenvalue weighted by molar-refractivity contribution is 5.92. The molecule has 1 saturated carbocycles. The number of carbonyl (C=O) groups excluding carboxylic acids is 1. The molecule has 1 N–H and O–H groups in total. The molecule has 1 atom stereocenters. The fraction of sp³-hybridized carbons (Fsp3) is 0.421. The van der Waals surface area contributed by atoms with Crippen molar-refractivity contribution in [1.29, 1.82) is 0 Å². The minimum Gasteiger partial charge on any atom is -0.496 e. The molecule has 0 bridgehead atoms. The number of rotatable bonds is 3. The van der Waals surface area contributed by atoms with E-state index in [-0.39, 0.29) is 17.9 Å². The second-order valence-electron chi connectivity index (χ2n) is 6.50. The molecule has 1 amide bonds. The predicted molar refractivity (Wildman–Crippen MR) is 87.2 cm³/mol. The molecule has 2 aliphatic carbocycles. The zero-order valence-electron chi connectivity index (χ0n) is 12.9. The van der Waals surface area contributed by atoms with Crippen LogP contribution in [0.15, 0.2) is 30.3 Å². The van der Waals surface area contributed by atoms with E-state index in [9.17, 15) is 4.79 Å². The lowest BCUT2D eigenvalue weighted by atomic mass is 9.82. The van der Waals surface area contributed by atoms with E-state index in [0.29, 0.717) is 0 Å². The zero-order chi connectivity index (χ0) is 15.1. The van der Waals surface area contributed by atoms with E-state index in [2.05, 4.69) is 29.6 Å². The van der Waals surface area contributed by atoms with Crippen LogP contribution in [-0.4, -0.2) is 19.1 Å². The predicted octanol–water partition coefficient (Wildman–Crippen LogP) is 3.23. The standard InChI is InChI=1S/C19H21NO2/c1-22-17-9-8-12-4-2-7-14-10-15(11-16(17)18(12)14)20-19(21)13-5-3-6-13/h2,4,7-9,13,15H,3,5-6,10-11H2,1H3,(H,20,21). The van der Waals surface area contributed by atoms with Gasteiger partial charge in [-0.15, -0.1) is 0 Å². The lowest BCUT2D eigenvalue weighted by Gasteiger charge is -2.31. The summed E-state index contributed by atoms with van der Waals surface area (Å²) in [6.45, 7) is 0. The second-order valence-corrected chi connectivity index (χ2v) is 6.50. The lowest BCUT2D eigenvalue weighted by Crippen LogP contribution is -2.44. The number of amides is 1. The number of benzene rings is 2. The van der Waals surface area contributed by atoms with Gasteiger partial charge < -0.3 is 10.1 Å². The smallest absolute Gasteiger partial charge is 0.223 e. The number of ether oxygens (including phenoxy) is 1. The molecule has 3 heteroatoms. The molecule has 1 unspecified atom stereocenters. The average molecular weight is 295 g/mol. The molecular weight excluding hydrogens is 274 g/mol. The van der Waals surface area contributed by atoms with Gasteiger partial charge in [0.25, 0.3) is 0 Å². The Morgan fingerprint density at radius 1 is 1.18 bits per heavy atom. The van der Waals surface area contributed by atoms with Crippen LogP contribution in [0, 0.1) is 5.92 Å². The van der Waals surface area contributed by atoms with Gasteiger partial charge in [0.05, 0.1) is 7.11 Å². The number of nitrogens with one attached hydrogen (secondary N) is 1. The first kappa shape index (κ1) is 13.6. The van der Waals surface area contributed by atoms with Crippen molar-refractivity contribution in [2.75, 3.05) is 7.11 Å². The van der Waals surface area contributed by atoms with E-state index in [1.807, 2.05) is 6.07 Å². The third-order valence-electron chi connectivity index (χ3n) is 5.16. The summed E-state index contributed by atoms with van der Waals surface area (Å²) in [6.07, 6.45) is 5.06. The van der Waals surface area contributed by atoms with Crippen molar-refractivity contribution in [2.45, 2.75) is 38.1 Å². The molecule has 0 aromatic heterocycles. The van der Waals surface area contributed by atoms with Crippen LogP contribution in [0.2, 0.25) is 0 Å². The molecule has 3 nitrogen and oxygen atoms in total. The van der Waals surface area contributed by atoms with Crippen molar-refractivity contribution in [3.63, 3.8) is 0 Å². The molecule has 1 fully saturated rings. The van der Waals surface area contributed by atoms with Crippen LogP contribution in [-0.2, 0) is 17.6 Å². The summed E-state index contributed by atoms with van der Waals surface area (Å²) in [5.41, 5.74) is 2.55. The van der Waals surface area contributed by atoms with Crippen molar-refractivity contribution in [2.24, 2.45) is 5.92 Å². The topological polar surface area (TPSA) is 38.3 Å². The maximum absolute atomic E-state index is 12.3. The molecule has 114 valence electrons. The first-order chi connectivity index (χ1) is 10.8. The summed E-state index contributed by atoms with van der Waals surface area (Å²) < 4.78 is 5.55. The molecule has 0 spiro atoms. The van der Waals surface area contributed by atoms with Gasteiger partial charge in [0.1, 0.15) is 5.75 Å². The van der Waals surface area contributed by atoms with Gasteiger partial charge in [-0.3, -0.25) is 4.79 Å². The van der Waals surface area contributed by atoms with Gasteiger partial charge in [-0.25, -0.2) is 0 Å². The highest BCUT2D eigenvalue weighted by Gasteiger charge is 2.29. The molecular formula is C19H21NO2. The molecule has 0 aliphatic heterocycles. The van der Waals surface area contributed by atoms with Gasteiger partial charge in [-0.2, -0.15) is 0 Å². The van der Waals surface area contributed by atoms with Crippen molar-refractivity contribution in [3.05, 3.63) is 41.5 Å². The largest absolute Gasteiger partial charge is 0.496 e. The fourth-order valence-electron chi connectivity index (χ4n) is 3.76. The molecule has 22 heavy (non-hydrogen) atoms. The first-order valence-corrected chi connectivity index (χ1v) is 8.14. The van der Waals surface area contributed by atoms with E-state index >= 15 is 0 Å². The minimum absolute atomic E-state index is 0.183. The monoisotopic (exact) mass is 295 g/mol. The SMILES string of the molecule is COc1ccc2cccc3c2c1CC(NC(=O)C1CCC1)C3. The van der Waals surface area contributed by atoms with Crippen LogP contribution in [0.3, 0.4) is 0 Å². The van der Waals surface area contributed by atoms with Gasteiger partial charge in [-0.1, -0.05) is 30.7 Å². The van der Waals surface area contributed by atoms with E-state index in [4.69, 9.17) is 4.74 Å². The van der Waals surface area contributed by atoms with Crippen LogP contribution in [0.4, 0.5) is 0 Å². The fourth-order valence-corrected chi connectivity index (χ4v) is 3.76. The van der Waals surface area contributed by atoms with Crippen molar-refractivity contribution >= 4 is 16.7 Å². The first-order valence-electron chi connectivity index (χ1n) is 8.14. The molecule has 0 saturated heterocycles. The van der Waals surface area contributed by atoms with Crippen LogP contribution in [0.5, 0.6) is 5.75 Å². The normalized spacial score (nSPS) is 20.5. The number of hydrogen-bond donors (Lipinski definition) is 1. The number of hydrogen-bond acceptors (Lipinski definition) is 2. The maximum Gasteiger partial charge on any atom is 0.223 e. The van der Waals surface area contributed by atoms with Gasteiger partial charge in [0.2, 0.25) is 5.91 Å². The summed E-state index contributed by atoms with van der Waals surface area (Å²) in [5, 5.41) is 5.84. The van der Waals surface area contributed by atoms with Gasteiger partial charge in [-0.05, 0) is 48.1 Å². The highest BCUT2D eigenvalue weighted by atomic mass is 16.5. The summed E-state index contributed by atoms with van der Waals surface area (Å²) in [7, 11) is 1.72. The van der Waals surface area contributed by atoms with E-state index in [0.717, 1.165) is 31.4 Å². The van der Waals surface area contributed by atoms with Crippen molar-refractivity contribution in [1.82, 2.24) is 5.32 Å². The Morgan fingerprint density at radius 2 is 2.05 bits per heavy atom. The third kappa shape index (κ3) is 2.16. The molecule has 2 aromatic rings. The van der Waals surface area contributed by atoms with Crippen LogP contribution >= 0.6 is 0 Å². The van der Waals surface area contributed by atoms with Gasteiger partial charge in [0.15, 0.2) is 0 Å². The van der Waals surface area contributed by atoms with Crippen molar-refractivity contribution < 1.29 is 9.53 Å². The molecule has 2 aromatic carbocycles. The van der Waals surface area contributed by atoms with E-state index < -0.39 is 0 Å². The third-order valence-corrected chi connectivity index (χ3v) is 5.16. The highest BCUT2D eigenvalue weighted by Crippen LogP contribution is 2.36. The number of carbonyl (C=O) groups is 1. The quantitative estimate of drug-likeness (QED) is 0.944. The Bertz CT molecular complexity index is 734. The van der Waals surface area contributed by atoms with Gasteiger partial charge >= 0.3 is 0 Å². The Labute approximate surface area is 130 Å². The average Bonchev–Trinajstić information content (AvgIpc) is 2.46. The Kier molecular flexibility index (Phi) is 3.29. The van der Waals surface area contributed by atoms with E-state index in [1.54, 1.807) is 7.11 Å². The molecule has 0 radical (unpaired) electrons. The van der Waals surface area contributed by atoms with E-state index in [1.165, 1.54) is 28.3 Å². The van der Waals surface area contributed by atoms with Crippen molar-refractivity contribution in [3.8, 4) is 5.75 Å². The molecule has 0 heterocycles. The second kappa shape index (κ2) is 5.31. The van der Waals surface area contributed by atoms with Gasteiger partial charge in [0, 0.05) is 17.5 Å². The summed E-state index contributed by atoms with van der Waals surface area (Å²) >= 11 is 0. The Hall–Kier alpha value is -2.03. The summed E-state index contributed by atoms with van der Waals surface area (Å²) in [5.74, 6) is 1.42. The Morgan fingerprint density at radius 3 is 2.77 bits per heavy atom. The maximum atomic E-state index is 12.3. The summed E-state index contributed by atoms with van der Waals surface area (Å²) in [6, 6.07) is 10.8. The summed E-state index contributed by atoms with van der Waals surface area (Å²) in [4.78, 5) is 12.3. The number of methoxy groups -OCH3 is 1. The minimum atomic E-state index is 0.183. The molecule has 2 aliphatic rings. The van der Waals surface area contributed by atoms with Crippen LogP contribution in [0.1, 0.15) is 30.4 Å². The van der Waals surface area contributed by atoms with Crippen LogP contribution < -0.4 is 10.1 Å². The lowest BCUT2D eigenvalue weighted by molar-refractivity contribution is -0.128. The molecule has 4 rings (SSSR count). The zero-order valence-corrected chi connectivity index (χ0v) is 12.9. The Balaban J connectivity index is 1.67.